The summed E-state index contributed by atoms with van der Waals surface area (Å²) in [5.74, 6) is -1.49. The quantitative estimate of drug-likeness (QED) is 0.394. The van der Waals surface area contributed by atoms with Crippen molar-refractivity contribution in [3.63, 3.8) is 0 Å². The Labute approximate surface area is 216 Å². The molecule has 196 valence electrons. The Balaban J connectivity index is 1.22. The largest absolute Gasteiger partial charge is 0.494 e. The van der Waals surface area contributed by atoms with Crippen LogP contribution in [0.15, 0.2) is 36.4 Å². The third kappa shape index (κ3) is 5.75. The van der Waals surface area contributed by atoms with E-state index in [1.54, 1.807) is 30.3 Å². The van der Waals surface area contributed by atoms with Crippen molar-refractivity contribution >= 4 is 23.4 Å². The maximum Gasteiger partial charge on any atom is 0.255 e. The van der Waals surface area contributed by atoms with E-state index in [1.807, 2.05) is 0 Å². The number of piperidine rings is 1. The lowest BCUT2D eigenvalue weighted by Crippen LogP contribution is -2.52. The van der Waals surface area contributed by atoms with Crippen molar-refractivity contribution in [2.24, 2.45) is 0 Å². The molecule has 9 nitrogen and oxygen atoms in total. The van der Waals surface area contributed by atoms with E-state index in [0.717, 1.165) is 39.3 Å². The molecule has 3 heterocycles. The van der Waals surface area contributed by atoms with Gasteiger partial charge in [0.05, 0.1) is 21.2 Å². The van der Waals surface area contributed by atoms with Crippen LogP contribution in [0.3, 0.4) is 0 Å². The van der Waals surface area contributed by atoms with E-state index in [4.69, 9.17) is 10.8 Å². The fourth-order valence-corrected chi connectivity index (χ4v) is 4.85. The van der Waals surface area contributed by atoms with Gasteiger partial charge in [-0.1, -0.05) is 6.07 Å². The van der Waals surface area contributed by atoms with Gasteiger partial charge in [0, 0.05) is 61.5 Å². The number of imide groups is 1. The van der Waals surface area contributed by atoms with Crippen LogP contribution in [0.5, 0.6) is 5.75 Å². The molecule has 0 aliphatic carbocycles. The lowest BCUT2D eigenvalue weighted by molar-refractivity contribution is -0.136. The van der Waals surface area contributed by atoms with Crippen LogP contribution in [-0.2, 0) is 27.4 Å². The van der Waals surface area contributed by atoms with E-state index in [9.17, 15) is 18.8 Å². The molecule has 37 heavy (non-hydrogen) atoms. The summed E-state index contributed by atoms with van der Waals surface area (Å²) in [5.41, 5.74) is 2.04. The van der Waals surface area contributed by atoms with Crippen LogP contribution >= 0.6 is 0 Å². The Bertz CT molecular complexity index is 1240. The molecule has 3 aliphatic rings. The van der Waals surface area contributed by atoms with Crippen molar-refractivity contribution in [1.82, 2.24) is 15.1 Å². The second-order valence-electron chi connectivity index (χ2n) is 9.31. The highest BCUT2D eigenvalue weighted by molar-refractivity contribution is 6.06. The van der Waals surface area contributed by atoms with Gasteiger partial charge in [0.2, 0.25) is 11.8 Å². The highest BCUT2D eigenvalue weighted by atomic mass is 19.1. The third-order valence-corrected chi connectivity index (χ3v) is 6.88. The van der Waals surface area contributed by atoms with Crippen LogP contribution < -0.4 is 15.4 Å². The lowest BCUT2D eigenvalue weighted by Gasteiger charge is -2.29. The molecule has 0 spiro atoms. The van der Waals surface area contributed by atoms with Gasteiger partial charge in [-0.2, -0.15) is 0 Å². The third-order valence-electron chi connectivity index (χ3n) is 6.88. The maximum atomic E-state index is 14.6. The van der Waals surface area contributed by atoms with E-state index in [-0.39, 0.29) is 31.7 Å². The molecular weight excluding hydrogens is 479 g/mol. The van der Waals surface area contributed by atoms with Gasteiger partial charge in [-0.15, -0.1) is 0 Å². The van der Waals surface area contributed by atoms with E-state index in [2.05, 4.69) is 15.5 Å². The number of hydrogen-bond acceptors (Lipinski definition) is 7. The maximum absolute atomic E-state index is 14.6. The van der Waals surface area contributed by atoms with Crippen LogP contribution in [0, 0.1) is 5.82 Å². The second kappa shape index (κ2) is 11.3. The van der Waals surface area contributed by atoms with Gasteiger partial charge in [-0.3, -0.25) is 24.6 Å². The molecule has 0 aromatic heterocycles. The molecule has 2 aromatic carbocycles. The summed E-state index contributed by atoms with van der Waals surface area (Å²) in [7, 11) is 0. The Morgan fingerprint density at radius 2 is 2.03 bits per heavy atom. The van der Waals surface area contributed by atoms with Gasteiger partial charge in [0.1, 0.15) is 17.6 Å². The number of hydrogen-bond donors (Lipinski definition) is 2. The van der Waals surface area contributed by atoms with Crippen molar-refractivity contribution < 1.29 is 29.6 Å². The number of halogens is 1. The molecular formula is C27H31FN4O5. The zero-order valence-corrected chi connectivity index (χ0v) is 20.6. The number of carbonyl (C=O) groups excluding carboxylic acids is 3. The van der Waals surface area contributed by atoms with Gasteiger partial charge < -0.3 is 19.7 Å². The van der Waals surface area contributed by atoms with Crippen molar-refractivity contribution in [2.45, 2.75) is 38.4 Å². The Morgan fingerprint density at radius 1 is 1.19 bits per heavy atom. The minimum atomic E-state index is -1.86. The summed E-state index contributed by atoms with van der Waals surface area (Å²) < 4.78 is 34.5. The highest BCUT2D eigenvalue weighted by Crippen LogP contribution is 2.32. The lowest BCUT2D eigenvalue weighted by atomic mass is 10.0. The highest BCUT2D eigenvalue weighted by Gasteiger charge is 2.39. The molecule has 1 atom stereocenters. The Morgan fingerprint density at radius 3 is 2.84 bits per heavy atom. The summed E-state index contributed by atoms with van der Waals surface area (Å²) in [6.45, 7) is 5.00. The van der Waals surface area contributed by atoms with Gasteiger partial charge >= 0.3 is 0 Å². The summed E-state index contributed by atoms with van der Waals surface area (Å²) in [4.78, 5) is 40.7. The minimum Gasteiger partial charge on any atom is -0.494 e. The topological polar surface area (TPSA) is 100 Å². The number of nitrogens with one attached hydrogen (secondary N) is 2. The van der Waals surface area contributed by atoms with Gasteiger partial charge in [0.25, 0.3) is 5.91 Å². The van der Waals surface area contributed by atoms with Crippen LogP contribution in [0.4, 0.5) is 10.1 Å². The molecule has 0 radical (unpaired) electrons. The number of carbonyl (C=O) groups is 3. The molecule has 2 fully saturated rings. The van der Waals surface area contributed by atoms with Crippen molar-refractivity contribution in [3.8, 4) is 5.75 Å². The SMILES string of the molecule is [2H][C@]1(N2Cc3c(NCc4cc(OCCCN5CCOCC5)ccc4F)cccc3C2=O)CCC(=O)NC1=O. The summed E-state index contributed by atoms with van der Waals surface area (Å²) >= 11 is 0. The van der Waals surface area contributed by atoms with Crippen LogP contribution in [-0.4, -0.2) is 73.0 Å². The molecule has 2 aromatic rings. The first-order valence-electron chi connectivity index (χ1n) is 13.1. The smallest absolute Gasteiger partial charge is 0.255 e. The standard InChI is InChI=1S/C27H31FN4O5/c28-22-6-5-19(37-12-2-9-31-10-13-36-14-11-31)15-18(22)16-29-23-4-1-3-20-21(23)17-32(27(20)35)24-7-8-25(33)30-26(24)34/h1,3-6,15,24,29H,2,7-14,16-17H2,(H,30,33,34)/t24-/m0/s1/i24D. The minimum absolute atomic E-state index is 0.00855. The van der Waals surface area contributed by atoms with E-state index >= 15 is 0 Å². The number of anilines is 1. The fraction of sp³-hybridized carbons (Fsp3) is 0.444. The van der Waals surface area contributed by atoms with Gasteiger partial charge in [-0.25, -0.2) is 4.39 Å². The van der Waals surface area contributed by atoms with Crippen LogP contribution in [0.1, 0.15) is 42.1 Å². The molecule has 10 heteroatoms. The van der Waals surface area contributed by atoms with E-state index < -0.39 is 23.7 Å². The first-order chi connectivity index (χ1) is 18.3. The molecule has 3 aliphatic heterocycles. The number of fused-ring (bicyclic) bond motifs is 1. The predicted octanol–water partition coefficient (Wildman–Crippen LogP) is 2.30. The summed E-state index contributed by atoms with van der Waals surface area (Å²) in [6, 6.07) is 7.92. The average Bonchev–Trinajstić information content (AvgIpc) is 3.27. The molecule has 3 amide bonds. The van der Waals surface area contributed by atoms with Gasteiger partial charge in [-0.05, 0) is 43.2 Å². The number of benzene rings is 2. The zero-order valence-electron chi connectivity index (χ0n) is 21.6. The number of amides is 3. The van der Waals surface area contributed by atoms with Crippen molar-refractivity contribution in [2.75, 3.05) is 44.8 Å². The molecule has 2 N–H and O–H groups in total. The first kappa shape index (κ1) is 23.9. The van der Waals surface area contributed by atoms with E-state index in [0.29, 0.717) is 34.7 Å². The molecule has 5 rings (SSSR count). The molecule has 0 unspecified atom stereocenters. The van der Waals surface area contributed by atoms with Gasteiger partial charge in [0.15, 0.2) is 0 Å². The molecule has 2 saturated heterocycles. The number of ether oxygens (including phenoxy) is 2. The predicted molar refractivity (Wildman–Crippen MR) is 134 cm³/mol. The molecule has 0 saturated carbocycles. The Kier molecular flexibility index (Phi) is 7.27. The number of rotatable bonds is 9. The summed E-state index contributed by atoms with van der Waals surface area (Å²) in [6.07, 6.45) is 0.783. The van der Waals surface area contributed by atoms with Crippen LogP contribution in [0.2, 0.25) is 0 Å². The van der Waals surface area contributed by atoms with Crippen LogP contribution in [0.25, 0.3) is 0 Å². The monoisotopic (exact) mass is 511 g/mol. The Hall–Kier alpha value is -3.50. The summed E-state index contributed by atoms with van der Waals surface area (Å²) in [5, 5.41) is 5.37. The normalized spacial score (nSPS) is 22.5. The fourth-order valence-electron chi connectivity index (χ4n) is 4.85. The average molecular weight is 512 g/mol. The van der Waals surface area contributed by atoms with Crippen molar-refractivity contribution in [1.29, 1.82) is 0 Å². The van der Waals surface area contributed by atoms with Crippen molar-refractivity contribution in [3.05, 3.63) is 58.9 Å². The second-order valence-corrected chi connectivity index (χ2v) is 9.31. The zero-order chi connectivity index (χ0) is 26.7. The molecule has 0 bridgehead atoms. The van der Waals surface area contributed by atoms with E-state index in [1.165, 1.54) is 11.0 Å². The number of morpholine rings is 1. The first-order valence-corrected chi connectivity index (χ1v) is 12.6. The number of nitrogens with zero attached hydrogens (tertiary/aromatic N) is 2.